The number of nitrogens with zero attached hydrogens (tertiary/aromatic N) is 1. The summed E-state index contributed by atoms with van der Waals surface area (Å²) in [5.41, 5.74) is 2.55. The van der Waals surface area contributed by atoms with Gasteiger partial charge in [0.1, 0.15) is 0 Å². The average molecular weight is 507 g/mol. The zero-order valence-corrected chi connectivity index (χ0v) is 21.4. The van der Waals surface area contributed by atoms with Crippen molar-refractivity contribution in [1.82, 2.24) is 0 Å². The Morgan fingerprint density at radius 2 is 1.57 bits per heavy atom. The molecule has 1 aromatic rings. The Morgan fingerprint density at radius 1 is 1.00 bits per heavy atom. The standard InChI is InChI=1S/C23H37BrClNS2/c1-2-3-4-5-6-7-8-9-10-14-17-28(24,27)23(20-25)19-22(26-28)18-21-15-12-11-13-16-21/h11-13,15-16,23H,2-10,14,17-20H2,1H3. The zero-order chi connectivity index (χ0) is 20.3. The van der Waals surface area contributed by atoms with Gasteiger partial charge in [-0.15, -0.1) is 11.6 Å². The molecule has 0 spiro atoms. The van der Waals surface area contributed by atoms with Gasteiger partial charge in [0.05, 0.1) is 0 Å². The molecule has 1 unspecified atom stereocenters. The van der Waals surface area contributed by atoms with Crippen LogP contribution >= 0.6 is 26.4 Å². The van der Waals surface area contributed by atoms with Gasteiger partial charge >= 0.3 is 0 Å². The van der Waals surface area contributed by atoms with Crippen molar-refractivity contribution in [2.24, 2.45) is 4.40 Å². The Bertz CT molecular complexity index is 676. The fraction of sp³-hybridized carbons (Fsp3) is 0.696. The largest absolute Gasteiger partial charge is 0.232 e. The van der Waals surface area contributed by atoms with Crippen molar-refractivity contribution in [3.05, 3.63) is 35.9 Å². The van der Waals surface area contributed by atoms with Crippen LogP contribution in [0.25, 0.3) is 0 Å². The van der Waals surface area contributed by atoms with Crippen LogP contribution in [0.1, 0.15) is 83.1 Å². The van der Waals surface area contributed by atoms with Crippen LogP contribution in [-0.2, 0) is 23.9 Å². The van der Waals surface area contributed by atoms with E-state index in [1.165, 1.54) is 75.5 Å². The SMILES string of the molecule is CCCCCCCCCCCCS1(=S)(Br)N=C(Cc2ccccc2)CC1CCl. The summed E-state index contributed by atoms with van der Waals surface area (Å²) < 4.78 is 5.15. The van der Waals surface area contributed by atoms with E-state index in [1.54, 1.807) is 0 Å². The first-order valence-electron chi connectivity index (χ1n) is 11.0. The van der Waals surface area contributed by atoms with Crippen molar-refractivity contribution in [3.63, 3.8) is 0 Å². The van der Waals surface area contributed by atoms with Crippen LogP contribution in [0.3, 0.4) is 0 Å². The van der Waals surface area contributed by atoms with Crippen LogP contribution in [0.15, 0.2) is 34.7 Å². The number of unbranched alkanes of at least 4 members (excludes halogenated alkanes) is 9. The van der Waals surface area contributed by atoms with E-state index >= 15 is 0 Å². The normalized spacial score (nSPS) is 21.8. The lowest BCUT2D eigenvalue weighted by Crippen LogP contribution is -2.36. The molecule has 1 aromatic carbocycles. The van der Waals surface area contributed by atoms with Crippen LogP contribution in [0.2, 0.25) is 0 Å². The van der Waals surface area contributed by atoms with Crippen molar-refractivity contribution in [2.75, 3.05) is 11.6 Å². The van der Waals surface area contributed by atoms with Crippen molar-refractivity contribution < 1.29 is 0 Å². The lowest BCUT2D eigenvalue weighted by atomic mass is 10.1. The molecule has 0 aliphatic carbocycles. The van der Waals surface area contributed by atoms with E-state index in [2.05, 4.69) is 52.1 Å². The van der Waals surface area contributed by atoms with Crippen LogP contribution in [0, 0.1) is 0 Å². The van der Waals surface area contributed by atoms with E-state index in [4.69, 9.17) is 27.2 Å². The summed E-state index contributed by atoms with van der Waals surface area (Å²) >= 11 is 16.5. The fourth-order valence-corrected chi connectivity index (χ4v) is 11.5. The molecular weight excluding hydrogens is 470 g/mol. The highest BCUT2D eigenvalue weighted by molar-refractivity contribution is 9.58. The quantitative estimate of drug-likeness (QED) is 0.141. The minimum absolute atomic E-state index is 0.297. The highest BCUT2D eigenvalue weighted by atomic mass is 79.9. The first-order valence-corrected chi connectivity index (χ1v) is 16.5. The van der Waals surface area contributed by atoms with Gasteiger partial charge in [-0.3, -0.25) is 0 Å². The summed E-state index contributed by atoms with van der Waals surface area (Å²) in [5.74, 6) is 1.61. The molecular formula is C23H37BrClNS2. The van der Waals surface area contributed by atoms with Gasteiger partial charge in [-0.2, -0.15) is 0 Å². The number of benzene rings is 1. The van der Waals surface area contributed by atoms with E-state index in [9.17, 15) is 0 Å². The molecule has 5 heteroatoms. The molecule has 0 fully saturated rings. The molecule has 0 radical (unpaired) electrons. The lowest BCUT2D eigenvalue weighted by molar-refractivity contribution is 0.563. The van der Waals surface area contributed by atoms with Gasteiger partial charge in [0.2, 0.25) is 0 Å². The van der Waals surface area contributed by atoms with Crippen LogP contribution in [0.5, 0.6) is 0 Å². The highest BCUT2D eigenvalue weighted by Crippen LogP contribution is 2.49. The Balaban J connectivity index is 1.77. The van der Waals surface area contributed by atoms with E-state index < -0.39 is 6.34 Å². The van der Waals surface area contributed by atoms with Crippen LogP contribution in [0.4, 0.5) is 0 Å². The molecule has 1 aliphatic heterocycles. The molecule has 2 rings (SSSR count). The van der Waals surface area contributed by atoms with Crippen molar-refractivity contribution in [1.29, 1.82) is 0 Å². The van der Waals surface area contributed by atoms with Crippen LogP contribution < -0.4 is 0 Å². The number of rotatable bonds is 14. The van der Waals surface area contributed by atoms with Gasteiger partial charge in [-0.25, -0.2) is 4.40 Å². The second-order valence-electron chi connectivity index (χ2n) is 8.21. The average Bonchev–Trinajstić information content (AvgIpc) is 2.94. The second-order valence-corrected chi connectivity index (χ2v) is 19.7. The Morgan fingerprint density at radius 3 is 2.14 bits per heavy atom. The van der Waals surface area contributed by atoms with Crippen LogP contribution in [-0.4, -0.2) is 22.6 Å². The summed E-state index contributed by atoms with van der Waals surface area (Å²) in [6, 6.07) is 10.6. The summed E-state index contributed by atoms with van der Waals surface area (Å²) in [4.78, 5) is 0. The van der Waals surface area contributed by atoms with E-state index in [0.717, 1.165) is 18.6 Å². The summed E-state index contributed by atoms with van der Waals surface area (Å²) in [5, 5.41) is 0.297. The zero-order valence-electron chi connectivity index (χ0n) is 17.4. The molecule has 0 N–H and O–H groups in total. The third-order valence-corrected chi connectivity index (χ3v) is 14.1. The Hall–Kier alpha value is 0.230. The molecule has 1 aliphatic rings. The summed E-state index contributed by atoms with van der Waals surface area (Å²) in [7, 11) is 0. The molecule has 0 saturated heterocycles. The number of alkyl halides is 1. The minimum atomic E-state index is -2.37. The minimum Gasteiger partial charge on any atom is -0.232 e. The molecule has 0 aromatic heterocycles. The highest BCUT2D eigenvalue weighted by Gasteiger charge is 2.42. The number of hydrogen-bond acceptors (Lipinski definition) is 1. The van der Waals surface area contributed by atoms with Gasteiger partial charge in [-0.05, 0) is 38.0 Å². The topological polar surface area (TPSA) is 12.4 Å². The molecule has 0 amide bonds. The van der Waals surface area contributed by atoms with Crippen molar-refractivity contribution >= 4 is 49.7 Å². The molecule has 1 heterocycles. The second kappa shape index (κ2) is 12.2. The fourth-order valence-electron chi connectivity index (χ4n) is 3.98. The van der Waals surface area contributed by atoms with Crippen molar-refractivity contribution in [2.45, 2.75) is 89.2 Å². The van der Waals surface area contributed by atoms with Gasteiger partial charge in [-0.1, -0.05) is 101 Å². The Kier molecular flexibility index (Phi) is 10.7. The molecule has 160 valence electrons. The predicted molar refractivity (Wildman–Crippen MR) is 137 cm³/mol. The van der Waals surface area contributed by atoms with E-state index in [1.807, 2.05) is 0 Å². The van der Waals surface area contributed by atoms with E-state index in [0.29, 0.717) is 11.1 Å². The maximum atomic E-state index is 6.34. The summed E-state index contributed by atoms with van der Waals surface area (Å²) in [6.07, 6.45) is 12.9. The smallest absolute Gasteiger partial charge is 0.0385 e. The third kappa shape index (κ3) is 7.81. The predicted octanol–water partition coefficient (Wildman–Crippen LogP) is 7.98. The first kappa shape index (κ1) is 24.5. The van der Waals surface area contributed by atoms with Gasteiger partial charge < -0.3 is 0 Å². The molecule has 0 bridgehead atoms. The third-order valence-electron chi connectivity index (χ3n) is 5.72. The monoisotopic (exact) mass is 505 g/mol. The first-order chi connectivity index (χ1) is 13.5. The lowest BCUT2D eigenvalue weighted by Gasteiger charge is -2.38. The van der Waals surface area contributed by atoms with Gasteiger partial charge in [0, 0.05) is 35.4 Å². The molecule has 1 atom stereocenters. The summed E-state index contributed by atoms with van der Waals surface area (Å²) in [6.45, 7) is 2.28. The molecule has 28 heavy (non-hydrogen) atoms. The van der Waals surface area contributed by atoms with Crippen molar-refractivity contribution in [3.8, 4) is 0 Å². The Labute approximate surface area is 190 Å². The van der Waals surface area contributed by atoms with Gasteiger partial charge in [0.15, 0.2) is 0 Å². The molecule has 0 saturated carbocycles. The number of halogens is 2. The maximum absolute atomic E-state index is 6.34. The molecule has 1 nitrogen and oxygen atoms in total. The van der Waals surface area contributed by atoms with E-state index in [-0.39, 0.29) is 0 Å². The number of hydrogen-bond donors (Lipinski definition) is 0. The van der Waals surface area contributed by atoms with Gasteiger partial charge in [0.25, 0.3) is 0 Å². The maximum Gasteiger partial charge on any atom is 0.0385 e.